The largest absolute Gasteiger partial charge is 0.271 e. The summed E-state index contributed by atoms with van der Waals surface area (Å²) in [5.41, 5.74) is 3.28. The molecule has 1 N–H and O–H groups in total. The number of carbonyl (C=O) groups is 1. The molecular weight excluding hydrogens is 397 g/mol. The van der Waals surface area contributed by atoms with E-state index in [4.69, 9.17) is 23.2 Å². The summed E-state index contributed by atoms with van der Waals surface area (Å²) >= 11 is 11.8. The van der Waals surface area contributed by atoms with Crippen LogP contribution in [0.2, 0.25) is 10.0 Å². The number of nitrogens with zero attached hydrogens (tertiary/aromatic N) is 2. The van der Waals surface area contributed by atoms with Crippen LogP contribution in [0.25, 0.3) is 0 Å². The summed E-state index contributed by atoms with van der Waals surface area (Å²) in [5, 5.41) is 4.70. The fraction of sp³-hybridized carbons (Fsp3) is 0.176. The van der Waals surface area contributed by atoms with E-state index in [1.807, 2.05) is 0 Å². The lowest BCUT2D eigenvalue weighted by Gasteiger charge is -2.27. The molecule has 0 spiro atoms. The van der Waals surface area contributed by atoms with Gasteiger partial charge in [0.05, 0.1) is 23.2 Å². The summed E-state index contributed by atoms with van der Waals surface area (Å²) in [6, 6.07) is 12.2. The Morgan fingerprint density at radius 3 is 2.42 bits per heavy atom. The van der Waals surface area contributed by atoms with E-state index in [9.17, 15) is 13.2 Å². The predicted molar refractivity (Wildman–Crippen MR) is 105 cm³/mol. The molecule has 26 heavy (non-hydrogen) atoms. The van der Waals surface area contributed by atoms with Crippen molar-refractivity contribution in [3.63, 3.8) is 0 Å². The van der Waals surface area contributed by atoms with Gasteiger partial charge in [0.1, 0.15) is 6.04 Å². The molecule has 0 aliphatic rings. The summed E-state index contributed by atoms with van der Waals surface area (Å²) < 4.78 is 25.3. The zero-order valence-electron chi connectivity index (χ0n) is 14.1. The fourth-order valence-corrected chi connectivity index (χ4v) is 3.88. The van der Waals surface area contributed by atoms with Crippen LogP contribution in [0.5, 0.6) is 0 Å². The first-order valence-corrected chi connectivity index (χ1v) is 10.1. The van der Waals surface area contributed by atoms with Gasteiger partial charge in [0, 0.05) is 10.6 Å². The molecule has 1 amide bonds. The Morgan fingerprint density at radius 1 is 1.19 bits per heavy atom. The Balaban J connectivity index is 2.15. The maximum atomic E-state index is 12.3. The molecule has 2 rings (SSSR count). The molecule has 0 fully saturated rings. The number of halogens is 2. The van der Waals surface area contributed by atoms with Crippen LogP contribution in [0.4, 0.5) is 5.69 Å². The summed E-state index contributed by atoms with van der Waals surface area (Å²) in [7, 11) is -3.67. The van der Waals surface area contributed by atoms with E-state index >= 15 is 0 Å². The zero-order valence-corrected chi connectivity index (χ0v) is 16.4. The molecule has 0 radical (unpaired) electrons. The van der Waals surface area contributed by atoms with E-state index in [2.05, 4.69) is 10.5 Å². The van der Waals surface area contributed by atoms with Crippen molar-refractivity contribution in [1.82, 2.24) is 5.43 Å². The van der Waals surface area contributed by atoms with E-state index in [1.54, 1.807) is 48.5 Å². The molecule has 1 atom stereocenters. The Labute approximate surface area is 162 Å². The van der Waals surface area contributed by atoms with Crippen LogP contribution in [-0.2, 0) is 14.8 Å². The first-order chi connectivity index (χ1) is 12.2. The third-order valence-electron chi connectivity index (χ3n) is 3.44. The van der Waals surface area contributed by atoms with Crippen LogP contribution in [-0.4, -0.2) is 32.8 Å². The fourth-order valence-electron chi connectivity index (χ4n) is 2.25. The van der Waals surface area contributed by atoms with Gasteiger partial charge in [-0.15, -0.1) is 0 Å². The van der Waals surface area contributed by atoms with Crippen molar-refractivity contribution in [2.75, 3.05) is 10.6 Å². The second-order valence-electron chi connectivity index (χ2n) is 5.47. The van der Waals surface area contributed by atoms with Crippen molar-refractivity contribution < 1.29 is 13.2 Å². The minimum absolute atomic E-state index is 0.380. The number of hydrazone groups is 1. The molecule has 9 heteroatoms. The molecule has 2 aromatic carbocycles. The van der Waals surface area contributed by atoms with Crippen molar-refractivity contribution in [3.8, 4) is 0 Å². The summed E-state index contributed by atoms with van der Waals surface area (Å²) in [5.74, 6) is -0.583. The van der Waals surface area contributed by atoms with Crippen LogP contribution in [0, 0.1) is 0 Å². The zero-order chi connectivity index (χ0) is 19.3. The topological polar surface area (TPSA) is 78.8 Å². The second-order valence-corrected chi connectivity index (χ2v) is 8.17. The van der Waals surface area contributed by atoms with E-state index < -0.39 is 22.0 Å². The van der Waals surface area contributed by atoms with Crippen molar-refractivity contribution in [2.45, 2.75) is 13.0 Å². The molecule has 0 unspecified atom stereocenters. The first kappa shape index (κ1) is 20.2. The number of benzene rings is 2. The quantitative estimate of drug-likeness (QED) is 0.582. The van der Waals surface area contributed by atoms with Gasteiger partial charge in [0.25, 0.3) is 5.91 Å². The average molecular weight is 414 g/mol. The third-order valence-corrected chi connectivity index (χ3v) is 5.24. The Hall–Kier alpha value is -2.09. The van der Waals surface area contributed by atoms with Crippen molar-refractivity contribution >= 4 is 51.0 Å². The van der Waals surface area contributed by atoms with Crippen molar-refractivity contribution in [2.24, 2.45) is 5.10 Å². The molecule has 0 aromatic heterocycles. The van der Waals surface area contributed by atoms with E-state index in [0.29, 0.717) is 21.3 Å². The molecule has 138 valence electrons. The van der Waals surface area contributed by atoms with Gasteiger partial charge in [-0.2, -0.15) is 5.10 Å². The van der Waals surface area contributed by atoms with E-state index in [0.717, 1.165) is 10.6 Å². The second kappa shape index (κ2) is 8.53. The minimum atomic E-state index is -3.67. The normalized spacial score (nSPS) is 12.8. The monoisotopic (exact) mass is 413 g/mol. The van der Waals surface area contributed by atoms with Gasteiger partial charge >= 0.3 is 0 Å². The van der Waals surface area contributed by atoms with Crippen LogP contribution >= 0.6 is 23.2 Å². The summed E-state index contributed by atoms with van der Waals surface area (Å²) in [6.45, 7) is 1.48. The lowest BCUT2D eigenvalue weighted by molar-refractivity contribution is -0.121. The summed E-state index contributed by atoms with van der Waals surface area (Å²) in [6.07, 6.45) is 2.40. The minimum Gasteiger partial charge on any atom is -0.271 e. The highest BCUT2D eigenvalue weighted by Gasteiger charge is 2.28. The molecule has 0 bridgehead atoms. The predicted octanol–water partition coefficient (Wildman–Crippen LogP) is 3.30. The Kier molecular flexibility index (Phi) is 6.63. The number of anilines is 1. The lowest BCUT2D eigenvalue weighted by atomic mass is 10.2. The third kappa shape index (κ3) is 5.20. The number of sulfonamides is 1. The molecule has 6 nitrogen and oxygen atoms in total. The molecular formula is C17H17Cl2N3O3S. The highest BCUT2D eigenvalue weighted by atomic mass is 35.5. The molecule has 0 aliphatic heterocycles. The highest BCUT2D eigenvalue weighted by Crippen LogP contribution is 2.21. The number of para-hydroxylation sites is 1. The molecule has 0 heterocycles. The SMILES string of the molecule is C[C@@H](C(=O)N/N=C\c1ccc(Cl)cc1Cl)N(c1ccccc1)S(C)(=O)=O. The molecule has 0 aliphatic carbocycles. The number of hydrogen-bond acceptors (Lipinski definition) is 4. The number of carbonyl (C=O) groups excluding carboxylic acids is 1. The van der Waals surface area contributed by atoms with Gasteiger partial charge in [-0.1, -0.05) is 47.5 Å². The van der Waals surface area contributed by atoms with Gasteiger partial charge < -0.3 is 0 Å². The van der Waals surface area contributed by atoms with Crippen molar-refractivity contribution in [1.29, 1.82) is 0 Å². The van der Waals surface area contributed by atoms with Gasteiger partial charge in [-0.25, -0.2) is 13.8 Å². The summed E-state index contributed by atoms with van der Waals surface area (Å²) in [4.78, 5) is 12.3. The van der Waals surface area contributed by atoms with Gasteiger partial charge in [-0.05, 0) is 31.2 Å². The number of nitrogens with one attached hydrogen (secondary N) is 1. The Morgan fingerprint density at radius 2 is 1.85 bits per heavy atom. The smallest absolute Gasteiger partial charge is 0.263 e. The standard InChI is InChI=1S/C17H17Cl2N3O3S/c1-12(22(26(2,24)25)15-6-4-3-5-7-15)17(23)21-20-11-13-8-9-14(18)10-16(13)19/h3-12H,1-2H3,(H,21,23)/b20-11-/t12-/m0/s1. The number of amides is 1. The van der Waals surface area contributed by atoms with Crippen LogP contribution < -0.4 is 9.73 Å². The highest BCUT2D eigenvalue weighted by molar-refractivity contribution is 7.92. The molecule has 0 saturated heterocycles. The first-order valence-electron chi connectivity index (χ1n) is 7.52. The lowest BCUT2D eigenvalue weighted by Crippen LogP contribution is -2.46. The number of rotatable bonds is 6. The Bertz CT molecular complexity index is 918. The van der Waals surface area contributed by atoms with Gasteiger partial charge in [0.15, 0.2) is 0 Å². The average Bonchev–Trinajstić information content (AvgIpc) is 2.56. The van der Waals surface area contributed by atoms with Crippen LogP contribution in [0.3, 0.4) is 0 Å². The molecule has 2 aromatic rings. The van der Waals surface area contributed by atoms with E-state index in [-0.39, 0.29) is 0 Å². The van der Waals surface area contributed by atoms with Crippen LogP contribution in [0.1, 0.15) is 12.5 Å². The van der Waals surface area contributed by atoms with E-state index in [1.165, 1.54) is 13.1 Å². The maximum Gasteiger partial charge on any atom is 0.263 e. The maximum absolute atomic E-state index is 12.3. The van der Waals surface area contributed by atoms with Gasteiger partial charge in [0.2, 0.25) is 10.0 Å². The molecule has 0 saturated carbocycles. The van der Waals surface area contributed by atoms with Crippen LogP contribution in [0.15, 0.2) is 53.6 Å². The van der Waals surface area contributed by atoms with Crippen molar-refractivity contribution in [3.05, 3.63) is 64.1 Å². The number of hydrogen-bond donors (Lipinski definition) is 1. The van der Waals surface area contributed by atoms with Gasteiger partial charge in [-0.3, -0.25) is 9.10 Å².